The van der Waals surface area contributed by atoms with Crippen LogP contribution in [0.2, 0.25) is 5.15 Å². The van der Waals surface area contributed by atoms with Crippen molar-refractivity contribution in [2.24, 2.45) is 0 Å². The summed E-state index contributed by atoms with van der Waals surface area (Å²) in [5.74, 6) is -0.403. The molecule has 0 atom stereocenters. The molecule has 0 saturated heterocycles. The van der Waals surface area contributed by atoms with E-state index in [9.17, 15) is 4.79 Å². The fourth-order valence-corrected chi connectivity index (χ4v) is 0.638. The Morgan fingerprint density at radius 2 is 2.60 bits per heavy atom. The molecule has 1 heterocycles. The second kappa shape index (κ2) is 2.70. The number of carbonyl (C=O) groups excluding carboxylic acids is 1. The number of imidazole rings is 1. The number of nitrogens with zero attached hydrogens (tertiary/aromatic N) is 1. The van der Waals surface area contributed by atoms with Crippen LogP contribution in [0.5, 0.6) is 0 Å². The molecule has 0 saturated carbocycles. The third-order valence-electron chi connectivity index (χ3n) is 0.924. The maximum Gasteiger partial charge on any atom is 0.374 e. The molecule has 1 aromatic rings. The van der Waals surface area contributed by atoms with Crippen molar-refractivity contribution in [2.45, 2.75) is 0 Å². The molecular weight excluding hydrogens is 156 g/mol. The Bertz CT molecular complexity index is 246. The summed E-state index contributed by atoms with van der Waals surface area (Å²) in [5, 5.41) is 0.320. The number of aromatic amines is 1. The summed E-state index contributed by atoms with van der Waals surface area (Å²) in [5.41, 5.74) is 0. The first-order chi connectivity index (χ1) is 4.74. The number of esters is 1. The van der Waals surface area contributed by atoms with Gasteiger partial charge in [0.1, 0.15) is 5.15 Å². The van der Waals surface area contributed by atoms with Crippen molar-refractivity contribution in [3.8, 4) is 0 Å². The number of aromatic nitrogens is 2. The lowest BCUT2D eigenvalue weighted by atomic mass is 10.6. The summed E-state index contributed by atoms with van der Waals surface area (Å²) < 4.78 is 4.36. The van der Waals surface area contributed by atoms with Gasteiger partial charge in [0.2, 0.25) is 5.82 Å². The zero-order chi connectivity index (χ0) is 7.56. The smallest absolute Gasteiger partial charge is 0.374 e. The van der Waals surface area contributed by atoms with Crippen molar-refractivity contribution in [3.05, 3.63) is 17.2 Å². The molecular formula is C5H5ClN2O2. The lowest BCUT2D eigenvalue weighted by Crippen LogP contribution is -2.02. The largest absolute Gasteiger partial charge is 0.463 e. The molecule has 1 rings (SSSR count). The average molecular weight is 161 g/mol. The summed E-state index contributed by atoms with van der Waals surface area (Å²) >= 11 is 5.44. The zero-order valence-corrected chi connectivity index (χ0v) is 5.97. The molecule has 0 aliphatic carbocycles. The van der Waals surface area contributed by atoms with Crippen LogP contribution in [0.15, 0.2) is 6.20 Å². The van der Waals surface area contributed by atoms with E-state index >= 15 is 0 Å². The van der Waals surface area contributed by atoms with E-state index in [2.05, 4.69) is 14.7 Å². The third kappa shape index (κ3) is 1.27. The van der Waals surface area contributed by atoms with Gasteiger partial charge < -0.3 is 9.72 Å². The second-order valence-corrected chi connectivity index (χ2v) is 1.98. The van der Waals surface area contributed by atoms with Gasteiger partial charge in [0.05, 0.1) is 13.3 Å². The van der Waals surface area contributed by atoms with E-state index in [1.807, 2.05) is 0 Å². The minimum absolute atomic E-state index is 0.118. The Labute approximate surface area is 62.2 Å². The fourth-order valence-electron chi connectivity index (χ4n) is 0.499. The van der Waals surface area contributed by atoms with Gasteiger partial charge in [-0.1, -0.05) is 11.6 Å². The van der Waals surface area contributed by atoms with Gasteiger partial charge in [0, 0.05) is 0 Å². The van der Waals surface area contributed by atoms with Crippen LogP contribution in [0.4, 0.5) is 0 Å². The summed E-state index contributed by atoms with van der Waals surface area (Å²) in [4.78, 5) is 16.8. The molecule has 54 valence electrons. The molecule has 1 N–H and O–H groups in total. The molecule has 0 aliphatic heterocycles. The Balaban J connectivity index is 2.85. The number of ether oxygens (including phenoxy) is 1. The molecule has 0 aliphatic rings. The summed E-state index contributed by atoms with van der Waals surface area (Å²) in [6.07, 6.45) is 1.34. The third-order valence-corrected chi connectivity index (χ3v) is 1.12. The Morgan fingerprint density at radius 3 is 3.00 bits per heavy atom. The highest BCUT2D eigenvalue weighted by molar-refractivity contribution is 6.29. The van der Waals surface area contributed by atoms with E-state index < -0.39 is 5.97 Å². The van der Waals surface area contributed by atoms with Crippen molar-refractivity contribution in [1.82, 2.24) is 9.97 Å². The molecule has 0 radical (unpaired) electrons. The van der Waals surface area contributed by atoms with E-state index in [0.29, 0.717) is 5.15 Å². The minimum Gasteiger partial charge on any atom is -0.463 e. The number of nitrogens with one attached hydrogen (secondary N) is 1. The van der Waals surface area contributed by atoms with Gasteiger partial charge in [0.15, 0.2) is 0 Å². The predicted octanol–water partition coefficient (Wildman–Crippen LogP) is 0.850. The van der Waals surface area contributed by atoms with Crippen molar-refractivity contribution in [3.63, 3.8) is 0 Å². The number of methoxy groups -OCH3 is 1. The number of rotatable bonds is 1. The Morgan fingerprint density at radius 1 is 1.90 bits per heavy atom. The summed E-state index contributed by atoms with van der Waals surface area (Å²) in [6, 6.07) is 0. The first kappa shape index (κ1) is 7.08. The second-order valence-electron chi connectivity index (χ2n) is 1.57. The van der Waals surface area contributed by atoms with Crippen LogP contribution < -0.4 is 0 Å². The molecule has 0 spiro atoms. The molecule has 0 bridgehead atoms. The lowest BCUT2D eigenvalue weighted by Gasteiger charge is -1.90. The van der Waals surface area contributed by atoms with Crippen molar-refractivity contribution in [2.75, 3.05) is 7.11 Å². The van der Waals surface area contributed by atoms with Crippen LogP contribution in [0.25, 0.3) is 0 Å². The molecule has 5 heteroatoms. The van der Waals surface area contributed by atoms with Crippen LogP contribution in [-0.4, -0.2) is 23.0 Å². The standard InChI is InChI=1S/C5H5ClN2O2/c1-10-5(9)4-7-2-3(6)8-4/h2H,1H3,(H,7,8). The van der Waals surface area contributed by atoms with Crippen molar-refractivity contribution in [1.29, 1.82) is 0 Å². The summed E-state index contributed by atoms with van der Waals surface area (Å²) in [7, 11) is 1.28. The van der Waals surface area contributed by atoms with E-state index in [4.69, 9.17) is 11.6 Å². The average Bonchev–Trinajstić information content (AvgIpc) is 2.34. The van der Waals surface area contributed by atoms with E-state index in [1.165, 1.54) is 13.3 Å². The van der Waals surface area contributed by atoms with Gasteiger partial charge in [-0.25, -0.2) is 9.78 Å². The van der Waals surface area contributed by atoms with Crippen molar-refractivity contribution >= 4 is 17.6 Å². The zero-order valence-electron chi connectivity index (χ0n) is 5.22. The van der Waals surface area contributed by atoms with Gasteiger partial charge in [-0.15, -0.1) is 0 Å². The molecule has 0 aromatic carbocycles. The highest BCUT2D eigenvalue weighted by atomic mass is 35.5. The number of hydrogen-bond acceptors (Lipinski definition) is 3. The van der Waals surface area contributed by atoms with Crippen LogP contribution in [0.1, 0.15) is 10.6 Å². The number of hydrogen-bond donors (Lipinski definition) is 1. The van der Waals surface area contributed by atoms with Gasteiger partial charge in [-0.2, -0.15) is 0 Å². The lowest BCUT2D eigenvalue weighted by molar-refractivity contribution is 0.0588. The van der Waals surface area contributed by atoms with Crippen LogP contribution >= 0.6 is 11.6 Å². The molecule has 0 amide bonds. The molecule has 0 unspecified atom stereocenters. The van der Waals surface area contributed by atoms with E-state index in [1.54, 1.807) is 0 Å². The van der Waals surface area contributed by atoms with Crippen LogP contribution in [0.3, 0.4) is 0 Å². The van der Waals surface area contributed by atoms with E-state index in [0.717, 1.165) is 0 Å². The summed E-state index contributed by atoms with van der Waals surface area (Å²) in [6.45, 7) is 0. The topological polar surface area (TPSA) is 55.0 Å². The minimum atomic E-state index is -0.521. The molecule has 0 fully saturated rings. The molecule has 1 aromatic heterocycles. The van der Waals surface area contributed by atoms with Crippen molar-refractivity contribution < 1.29 is 9.53 Å². The van der Waals surface area contributed by atoms with Gasteiger partial charge in [-0.3, -0.25) is 0 Å². The highest BCUT2D eigenvalue weighted by Crippen LogP contribution is 2.03. The van der Waals surface area contributed by atoms with Gasteiger partial charge in [0.25, 0.3) is 0 Å². The Hall–Kier alpha value is -1.03. The van der Waals surface area contributed by atoms with Gasteiger partial charge in [-0.05, 0) is 0 Å². The molecule has 10 heavy (non-hydrogen) atoms. The number of H-pyrrole nitrogens is 1. The number of carbonyl (C=O) groups is 1. The maximum atomic E-state index is 10.7. The first-order valence-corrected chi connectivity index (χ1v) is 2.90. The predicted molar refractivity (Wildman–Crippen MR) is 34.9 cm³/mol. The van der Waals surface area contributed by atoms with Crippen LogP contribution in [-0.2, 0) is 4.74 Å². The molecule has 4 nitrogen and oxygen atoms in total. The highest BCUT2D eigenvalue weighted by Gasteiger charge is 2.07. The fraction of sp³-hybridized carbons (Fsp3) is 0.200. The quantitative estimate of drug-likeness (QED) is 0.620. The monoisotopic (exact) mass is 160 g/mol. The maximum absolute atomic E-state index is 10.7. The Kier molecular flexibility index (Phi) is 1.91. The van der Waals surface area contributed by atoms with E-state index in [-0.39, 0.29) is 5.82 Å². The normalized spacial score (nSPS) is 9.40. The van der Waals surface area contributed by atoms with Crippen LogP contribution in [0, 0.1) is 0 Å². The SMILES string of the molecule is COC(=O)c1ncc(Cl)[nH]1. The number of halogens is 1. The van der Waals surface area contributed by atoms with Gasteiger partial charge >= 0.3 is 5.97 Å². The first-order valence-electron chi connectivity index (χ1n) is 2.53.